The summed E-state index contributed by atoms with van der Waals surface area (Å²) < 4.78 is 11.1. The number of aromatic nitrogens is 1. The van der Waals surface area contributed by atoms with Gasteiger partial charge in [-0.2, -0.15) is 0 Å². The van der Waals surface area contributed by atoms with Crippen LogP contribution in [0.25, 0.3) is 11.1 Å². The molecule has 2 aromatic carbocycles. The Hall–Kier alpha value is -2.61. The molecule has 3 N–H and O–H groups in total. The highest BCUT2D eigenvalue weighted by atomic mass is 16.5. The molecule has 0 radical (unpaired) electrons. The van der Waals surface area contributed by atoms with Crippen molar-refractivity contribution >= 4 is 11.1 Å². The molecule has 152 valence electrons. The van der Waals surface area contributed by atoms with Crippen molar-refractivity contribution in [2.45, 2.75) is 30.7 Å². The first-order valence-corrected chi connectivity index (χ1v) is 9.96. The number of aliphatic hydroxyl groups is 2. The fraction of sp³-hybridized carbons (Fsp3) is 0.409. The van der Waals surface area contributed by atoms with Gasteiger partial charge in [0, 0.05) is 32.0 Å². The van der Waals surface area contributed by atoms with Crippen molar-refractivity contribution in [2.24, 2.45) is 5.92 Å². The van der Waals surface area contributed by atoms with Crippen LogP contribution in [-0.2, 0) is 0 Å². The molecule has 0 amide bonds. The molecule has 1 aliphatic carbocycles. The molecule has 0 spiro atoms. The summed E-state index contributed by atoms with van der Waals surface area (Å²) in [6.07, 6.45) is 0.690. The van der Waals surface area contributed by atoms with Crippen LogP contribution in [0.2, 0.25) is 0 Å². The SMILES string of the molecule is O=c1[nH]c2ccc(C(O)CN3C[C@H]4C[C@H](Oc5ccccc5)C[C@@]4(O)C3)cc2o1. The maximum absolute atomic E-state index is 11.3. The Balaban J connectivity index is 1.21. The Labute approximate surface area is 167 Å². The quantitative estimate of drug-likeness (QED) is 0.611. The summed E-state index contributed by atoms with van der Waals surface area (Å²) in [5.41, 5.74) is 0.954. The van der Waals surface area contributed by atoms with Crippen LogP contribution in [0, 0.1) is 5.92 Å². The number of rotatable bonds is 5. The Bertz CT molecular complexity index is 1060. The van der Waals surface area contributed by atoms with E-state index in [1.807, 2.05) is 30.3 Å². The molecule has 3 aromatic rings. The van der Waals surface area contributed by atoms with E-state index in [4.69, 9.17) is 9.15 Å². The fourth-order valence-electron chi connectivity index (χ4n) is 4.82. The first-order chi connectivity index (χ1) is 14.0. The zero-order valence-corrected chi connectivity index (χ0v) is 16.0. The first-order valence-electron chi connectivity index (χ1n) is 9.96. The number of fused-ring (bicyclic) bond motifs is 2. The zero-order chi connectivity index (χ0) is 20.0. The highest BCUT2D eigenvalue weighted by Crippen LogP contribution is 2.43. The number of H-pyrrole nitrogens is 1. The smallest absolute Gasteiger partial charge is 0.417 e. The predicted molar refractivity (Wildman–Crippen MR) is 107 cm³/mol. The first kappa shape index (κ1) is 18.4. The molecule has 7 nitrogen and oxygen atoms in total. The van der Waals surface area contributed by atoms with Crippen molar-refractivity contribution in [1.82, 2.24) is 9.88 Å². The fourth-order valence-corrected chi connectivity index (χ4v) is 4.82. The second kappa shape index (κ2) is 7.02. The van der Waals surface area contributed by atoms with Gasteiger partial charge < -0.3 is 19.4 Å². The van der Waals surface area contributed by atoms with Crippen molar-refractivity contribution in [3.8, 4) is 5.75 Å². The molecule has 2 heterocycles. The minimum atomic E-state index is -0.781. The van der Waals surface area contributed by atoms with E-state index < -0.39 is 17.5 Å². The minimum absolute atomic E-state index is 0.0124. The molecule has 1 unspecified atom stereocenters. The topological polar surface area (TPSA) is 98.9 Å². The standard InChI is InChI=1S/C22H24N2O5/c25-19(14-6-7-18-20(8-14)29-21(26)23-18)12-24-11-15-9-17(10-22(15,27)13-24)28-16-4-2-1-3-5-16/h1-8,15,17,19,25,27H,9-13H2,(H,23,26)/t15-,17+,19?,22-/m1/s1. The summed E-state index contributed by atoms with van der Waals surface area (Å²) in [5, 5.41) is 21.8. The number of aromatic amines is 1. The number of oxazole rings is 1. The molecular formula is C22H24N2O5. The van der Waals surface area contributed by atoms with E-state index in [0.717, 1.165) is 18.7 Å². The van der Waals surface area contributed by atoms with Gasteiger partial charge in [0.15, 0.2) is 5.58 Å². The number of nitrogens with zero attached hydrogens (tertiary/aromatic N) is 1. The summed E-state index contributed by atoms with van der Waals surface area (Å²) >= 11 is 0. The largest absolute Gasteiger partial charge is 0.490 e. The number of hydrogen-bond donors (Lipinski definition) is 3. The highest BCUT2D eigenvalue weighted by Gasteiger charge is 2.52. The zero-order valence-electron chi connectivity index (χ0n) is 16.0. The third-order valence-electron chi connectivity index (χ3n) is 6.17. The normalized spacial score (nSPS) is 27.9. The van der Waals surface area contributed by atoms with Gasteiger partial charge in [-0.1, -0.05) is 24.3 Å². The average Bonchev–Trinajstić information content (AvgIpc) is 3.29. The number of likely N-dealkylation sites (tertiary alicyclic amines) is 1. The maximum atomic E-state index is 11.3. The van der Waals surface area contributed by atoms with E-state index in [-0.39, 0.29) is 12.0 Å². The van der Waals surface area contributed by atoms with Crippen LogP contribution in [0.15, 0.2) is 57.7 Å². The van der Waals surface area contributed by atoms with E-state index >= 15 is 0 Å². The van der Waals surface area contributed by atoms with Gasteiger partial charge in [0.2, 0.25) is 0 Å². The number of benzene rings is 2. The van der Waals surface area contributed by atoms with Crippen LogP contribution in [0.5, 0.6) is 5.75 Å². The van der Waals surface area contributed by atoms with Crippen LogP contribution in [0.4, 0.5) is 0 Å². The summed E-state index contributed by atoms with van der Waals surface area (Å²) in [4.78, 5) is 16.0. The van der Waals surface area contributed by atoms with Crippen LogP contribution < -0.4 is 10.5 Å². The van der Waals surface area contributed by atoms with Crippen LogP contribution in [-0.4, -0.2) is 51.4 Å². The van der Waals surface area contributed by atoms with E-state index in [2.05, 4.69) is 9.88 Å². The van der Waals surface area contributed by atoms with Crippen LogP contribution in [0.3, 0.4) is 0 Å². The molecule has 1 aromatic heterocycles. The van der Waals surface area contributed by atoms with Crippen molar-refractivity contribution in [3.05, 3.63) is 64.6 Å². The van der Waals surface area contributed by atoms with Crippen molar-refractivity contribution in [3.63, 3.8) is 0 Å². The number of ether oxygens (including phenoxy) is 1. The summed E-state index contributed by atoms with van der Waals surface area (Å²) in [7, 11) is 0. The van der Waals surface area contributed by atoms with Gasteiger partial charge in [-0.05, 0) is 36.2 Å². The Kier molecular flexibility index (Phi) is 4.46. The van der Waals surface area contributed by atoms with Gasteiger partial charge in [0.05, 0.1) is 17.2 Å². The van der Waals surface area contributed by atoms with Crippen LogP contribution >= 0.6 is 0 Å². The summed E-state index contributed by atoms with van der Waals surface area (Å²) in [5.74, 6) is 0.460. The molecule has 2 aliphatic rings. The van der Waals surface area contributed by atoms with Gasteiger partial charge in [-0.25, -0.2) is 4.79 Å². The second-order valence-corrected chi connectivity index (χ2v) is 8.27. The van der Waals surface area contributed by atoms with Crippen molar-refractivity contribution in [1.29, 1.82) is 0 Å². The third kappa shape index (κ3) is 3.57. The van der Waals surface area contributed by atoms with Gasteiger partial charge in [0.1, 0.15) is 11.9 Å². The molecule has 2 fully saturated rings. The Morgan fingerprint density at radius 2 is 2.10 bits per heavy atom. The van der Waals surface area contributed by atoms with Gasteiger partial charge in [-0.3, -0.25) is 9.88 Å². The van der Waals surface area contributed by atoms with E-state index in [9.17, 15) is 15.0 Å². The number of nitrogens with one attached hydrogen (secondary N) is 1. The van der Waals surface area contributed by atoms with Gasteiger partial charge >= 0.3 is 5.76 Å². The average molecular weight is 396 g/mol. The number of β-amino-alcohol motifs (C(OH)–C–C–N with tert-alkyl or cyclic N) is 2. The van der Waals surface area contributed by atoms with Crippen molar-refractivity contribution < 1.29 is 19.4 Å². The molecule has 0 bridgehead atoms. The highest BCUT2D eigenvalue weighted by molar-refractivity contribution is 5.72. The van der Waals surface area contributed by atoms with Crippen molar-refractivity contribution in [2.75, 3.05) is 19.6 Å². The molecule has 29 heavy (non-hydrogen) atoms. The predicted octanol–water partition coefficient (Wildman–Crippen LogP) is 2.06. The van der Waals surface area contributed by atoms with E-state index in [1.165, 1.54) is 0 Å². The lowest BCUT2D eigenvalue weighted by molar-refractivity contribution is 0.0178. The third-order valence-corrected chi connectivity index (χ3v) is 6.17. The summed E-state index contributed by atoms with van der Waals surface area (Å²) in [6, 6.07) is 14.9. The van der Waals surface area contributed by atoms with Gasteiger partial charge in [-0.15, -0.1) is 0 Å². The lowest BCUT2D eigenvalue weighted by Gasteiger charge is -2.25. The second-order valence-electron chi connectivity index (χ2n) is 8.27. The molecular weight excluding hydrogens is 372 g/mol. The Morgan fingerprint density at radius 1 is 1.28 bits per heavy atom. The summed E-state index contributed by atoms with van der Waals surface area (Å²) in [6.45, 7) is 1.66. The monoisotopic (exact) mass is 396 g/mol. The molecule has 4 atom stereocenters. The van der Waals surface area contributed by atoms with Crippen LogP contribution in [0.1, 0.15) is 24.5 Å². The molecule has 5 rings (SSSR count). The number of aliphatic hydroxyl groups excluding tert-OH is 1. The lowest BCUT2D eigenvalue weighted by Crippen LogP contribution is -2.36. The lowest BCUT2D eigenvalue weighted by atomic mass is 9.95. The molecule has 1 saturated carbocycles. The Morgan fingerprint density at radius 3 is 2.90 bits per heavy atom. The maximum Gasteiger partial charge on any atom is 0.417 e. The van der Waals surface area contributed by atoms with E-state index in [0.29, 0.717) is 36.2 Å². The molecule has 1 saturated heterocycles. The van der Waals surface area contributed by atoms with E-state index in [1.54, 1.807) is 18.2 Å². The number of para-hydroxylation sites is 1. The van der Waals surface area contributed by atoms with Gasteiger partial charge in [0.25, 0.3) is 0 Å². The molecule has 7 heteroatoms. The molecule has 1 aliphatic heterocycles. The number of hydrogen-bond acceptors (Lipinski definition) is 6. The minimum Gasteiger partial charge on any atom is -0.490 e.